The number of carboxylic acids is 1. The van der Waals surface area contributed by atoms with Crippen molar-refractivity contribution in [1.82, 2.24) is 10.1 Å². The third-order valence-electron chi connectivity index (χ3n) is 2.81. The number of nitrogens with zero attached hydrogens (tertiary/aromatic N) is 2. The van der Waals surface area contributed by atoms with Gasteiger partial charge in [0.2, 0.25) is 11.8 Å². The molecule has 1 N–H and O–H groups in total. The highest BCUT2D eigenvalue weighted by molar-refractivity contribution is 6.05. The molecule has 1 fully saturated rings. The number of hydrogen-bond acceptors (Lipinski definition) is 5. The number of likely N-dealkylation sites (tertiary alicyclic amines) is 1. The number of carbonyl (C=O) groups excluding carboxylic acids is 2. The van der Waals surface area contributed by atoms with Crippen molar-refractivity contribution in [3.63, 3.8) is 0 Å². The normalized spacial score (nSPS) is 18.4. The first-order chi connectivity index (χ1) is 8.31. The van der Waals surface area contributed by atoms with E-state index in [4.69, 9.17) is 9.63 Å². The summed E-state index contributed by atoms with van der Waals surface area (Å²) < 4.78 is 4.78. The number of aromatic nitrogens is 1. The van der Waals surface area contributed by atoms with Gasteiger partial charge in [0.25, 0.3) is 0 Å². The molecule has 2 amide bonds. The summed E-state index contributed by atoms with van der Waals surface area (Å²) in [5.41, 5.74) is -0.962. The summed E-state index contributed by atoms with van der Waals surface area (Å²) >= 11 is 0. The van der Waals surface area contributed by atoms with Crippen LogP contribution in [-0.2, 0) is 16.1 Å². The van der Waals surface area contributed by atoms with Crippen LogP contribution in [0.4, 0.5) is 0 Å². The molecule has 0 bridgehead atoms. The van der Waals surface area contributed by atoms with E-state index >= 15 is 0 Å². The molecule has 1 aromatic rings. The molecule has 96 valence electrons. The number of carbonyl (C=O) groups is 3. The number of amides is 2. The largest absolute Gasteiger partial charge is 0.476 e. The Labute approximate surface area is 102 Å². The van der Waals surface area contributed by atoms with Gasteiger partial charge in [0.05, 0.1) is 12.0 Å². The second-order valence-corrected chi connectivity index (χ2v) is 4.83. The number of imide groups is 1. The van der Waals surface area contributed by atoms with Crippen molar-refractivity contribution in [2.75, 3.05) is 0 Å². The maximum Gasteiger partial charge on any atom is 0.358 e. The van der Waals surface area contributed by atoms with E-state index in [1.54, 1.807) is 13.8 Å². The van der Waals surface area contributed by atoms with Crippen LogP contribution in [0.3, 0.4) is 0 Å². The van der Waals surface area contributed by atoms with Crippen molar-refractivity contribution in [3.05, 3.63) is 17.5 Å². The highest BCUT2D eigenvalue weighted by Crippen LogP contribution is 2.32. The molecule has 1 aliphatic rings. The van der Waals surface area contributed by atoms with Crippen LogP contribution in [0.25, 0.3) is 0 Å². The second kappa shape index (κ2) is 3.94. The summed E-state index contributed by atoms with van der Waals surface area (Å²) in [6.07, 6.45) is 0.145. The molecule has 7 nitrogen and oxygen atoms in total. The first-order valence-electron chi connectivity index (χ1n) is 5.35. The fraction of sp³-hybridized carbons (Fsp3) is 0.455. The molecular formula is C11H12N2O5. The molecule has 1 aromatic heterocycles. The topological polar surface area (TPSA) is 101 Å². The zero-order valence-electron chi connectivity index (χ0n) is 9.97. The lowest BCUT2D eigenvalue weighted by molar-refractivity contribution is -0.141. The lowest BCUT2D eigenvalue weighted by atomic mass is 9.92. The molecule has 7 heteroatoms. The van der Waals surface area contributed by atoms with Gasteiger partial charge in [-0.15, -0.1) is 0 Å². The number of rotatable bonds is 3. The van der Waals surface area contributed by atoms with E-state index < -0.39 is 11.4 Å². The van der Waals surface area contributed by atoms with Crippen molar-refractivity contribution in [2.24, 2.45) is 5.41 Å². The summed E-state index contributed by atoms with van der Waals surface area (Å²) in [6.45, 7) is 3.30. The fourth-order valence-electron chi connectivity index (χ4n) is 1.83. The number of hydrogen-bond donors (Lipinski definition) is 1. The molecule has 1 aliphatic heterocycles. The van der Waals surface area contributed by atoms with Gasteiger partial charge in [-0.05, 0) is 0 Å². The van der Waals surface area contributed by atoms with E-state index in [9.17, 15) is 14.4 Å². The Morgan fingerprint density at radius 1 is 1.56 bits per heavy atom. The van der Waals surface area contributed by atoms with Gasteiger partial charge in [-0.2, -0.15) is 0 Å². The summed E-state index contributed by atoms with van der Waals surface area (Å²) in [7, 11) is 0. The second-order valence-electron chi connectivity index (χ2n) is 4.83. The fourth-order valence-corrected chi connectivity index (χ4v) is 1.83. The Kier molecular flexibility index (Phi) is 2.68. The SMILES string of the molecule is CC1(C)CC(=O)N(Cc2cc(C(=O)O)no2)C1=O. The monoisotopic (exact) mass is 252 g/mol. The first-order valence-corrected chi connectivity index (χ1v) is 5.35. The van der Waals surface area contributed by atoms with Crippen LogP contribution < -0.4 is 0 Å². The molecule has 1 saturated heterocycles. The van der Waals surface area contributed by atoms with Crippen LogP contribution in [0.15, 0.2) is 10.6 Å². The summed E-state index contributed by atoms with van der Waals surface area (Å²) in [6, 6.07) is 1.20. The highest BCUT2D eigenvalue weighted by atomic mass is 16.5. The molecule has 2 rings (SSSR count). The van der Waals surface area contributed by atoms with Crippen LogP contribution in [0.2, 0.25) is 0 Å². The van der Waals surface area contributed by atoms with Crippen LogP contribution >= 0.6 is 0 Å². The van der Waals surface area contributed by atoms with Gasteiger partial charge in [0, 0.05) is 12.5 Å². The van der Waals surface area contributed by atoms with Crippen molar-refractivity contribution < 1.29 is 24.0 Å². The van der Waals surface area contributed by atoms with Gasteiger partial charge in [-0.25, -0.2) is 4.79 Å². The minimum absolute atomic E-state index is 0.0820. The van der Waals surface area contributed by atoms with Crippen LogP contribution in [0.1, 0.15) is 36.5 Å². The minimum atomic E-state index is -1.22. The molecular weight excluding hydrogens is 240 g/mol. The molecule has 0 aliphatic carbocycles. The predicted octanol–water partition coefficient (Wildman–Crippen LogP) is 0.658. The maximum atomic E-state index is 11.9. The van der Waals surface area contributed by atoms with E-state index in [1.807, 2.05) is 0 Å². The van der Waals surface area contributed by atoms with Crippen molar-refractivity contribution in [3.8, 4) is 0 Å². The summed E-state index contributed by atoms with van der Waals surface area (Å²) in [4.78, 5) is 35.3. The average Bonchev–Trinajstić information content (AvgIpc) is 2.78. The zero-order valence-corrected chi connectivity index (χ0v) is 9.97. The van der Waals surface area contributed by atoms with Gasteiger partial charge < -0.3 is 9.63 Å². The van der Waals surface area contributed by atoms with Gasteiger partial charge in [0.1, 0.15) is 0 Å². The van der Waals surface area contributed by atoms with Crippen LogP contribution in [-0.4, -0.2) is 32.9 Å². The van der Waals surface area contributed by atoms with E-state index in [0.717, 1.165) is 4.90 Å². The Hall–Kier alpha value is -2.18. The van der Waals surface area contributed by atoms with E-state index in [0.29, 0.717) is 0 Å². The third kappa shape index (κ3) is 1.99. The summed E-state index contributed by atoms with van der Waals surface area (Å²) in [5.74, 6) is -1.63. The van der Waals surface area contributed by atoms with E-state index in [1.165, 1.54) is 6.07 Å². The minimum Gasteiger partial charge on any atom is -0.476 e. The Morgan fingerprint density at radius 2 is 2.22 bits per heavy atom. The van der Waals surface area contributed by atoms with Gasteiger partial charge >= 0.3 is 5.97 Å². The number of carboxylic acid groups (broad SMARTS) is 1. The van der Waals surface area contributed by atoms with Crippen LogP contribution in [0, 0.1) is 5.41 Å². The van der Waals surface area contributed by atoms with E-state index in [2.05, 4.69) is 5.16 Å². The van der Waals surface area contributed by atoms with Gasteiger partial charge in [-0.3, -0.25) is 14.5 Å². The molecule has 0 spiro atoms. The number of aromatic carboxylic acids is 1. The molecule has 0 saturated carbocycles. The lowest BCUT2D eigenvalue weighted by Crippen LogP contribution is -2.32. The lowest BCUT2D eigenvalue weighted by Gasteiger charge is -2.16. The third-order valence-corrected chi connectivity index (χ3v) is 2.81. The predicted molar refractivity (Wildman–Crippen MR) is 57.4 cm³/mol. The molecule has 0 aromatic carbocycles. The summed E-state index contributed by atoms with van der Waals surface area (Å²) in [5, 5.41) is 12.0. The quantitative estimate of drug-likeness (QED) is 0.793. The Balaban J connectivity index is 2.16. The average molecular weight is 252 g/mol. The van der Waals surface area contributed by atoms with Gasteiger partial charge in [-0.1, -0.05) is 19.0 Å². The van der Waals surface area contributed by atoms with E-state index in [-0.39, 0.29) is 36.2 Å². The zero-order chi connectivity index (χ0) is 13.5. The smallest absolute Gasteiger partial charge is 0.358 e. The molecule has 18 heavy (non-hydrogen) atoms. The standard InChI is InChI=1S/C11H12N2O5/c1-11(2)4-8(14)13(10(11)17)5-6-3-7(9(15)16)12-18-6/h3H,4-5H2,1-2H3,(H,15,16). The first kappa shape index (κ1) is 12.3. The van der Waals surface area contributed by atoms with Gasteiger partial charge in [0.15, 0.2) is 11.5 Å². The van der Waals surface area contributed by atoms with Crippen molar-refractivity contribution in [1.29, 1.82) is 0 Å². The Bertz CT molecular complexity index is 531. The maximum absolute atomic E-state index is 11.9. The molecule has 0 unspecified atom stereocenters. The van der Waals surface area contributed by atoms with Crippen LogP contribution in [0.5, 0.6) is 0 Å². The highest BCUT2D eigenvalue weighted by Gasteiger charge is 2.45. The molecule has 0 radical (unpaired) electrons. The molecule has 2 heterocycles. The Morgan fingerprint density at radius 3 is 2.67 bits per heavy atom. The molecule has 0 atom stereocenters. The van der Waals surface area contributed by atoms with Crippen molar-refractivity contribution >= 4 is 17.8 Å². The van der Waals surface area contributed by atoms with Crippen molar-refractivity contribution in [2.45, 2.75) is 26.8 Å².